The number of aryl methyl sites for hydroxylation is 2. The Balaban J connectivity index is 2.77. The number of halogens is 1. The van der Waals surface area contributed by atoms with E-state index in [1.54, 1.807) is 7.11 Å². The van der Waals surface area contributed by atoms with Gasteiger partial charge in [0, 0.05) is 32.7 Å². The maximum atomic E-state index is 6.24. The molecule has 0 aliphatic rings. The molecule has 1 atom stereocenters. The summed E-state index contributed by atoms with van der Waals surface area (Å²) in [5, 5.41) is 5.12. The maximum absolute atomic E-state index is 6.24. The molecule has 1 aromatic heterocycles. The minimum Gasteiger partial charge on any atom is -0.385 e. The third-order valence-electron chi connectivity index (χ3n) is 2.80. The molecule has 5 nitrogen and oxygen atoms in total. The molecule has 0 aliphatic heterocycles. The Kier molecular flexibility index (Phi) is 5.91. The number of ether oxygens (including phenoxy) is 1. The molecule has 1 rings (SSSR count). The van der Waals surface area contributed by atoms with Crippen molar-refractivity contribution in [2.75, 3.05) is 13.7 Å². The predicted molar refractivity (Wildman–Crippen MR) is 69.0 cm³/mol. The number of nitrogens with two attached hydrogens (primary N) is 1. The first kappa shape index (κ1) is 14.4. The van der Waals surface area contributed by atoms with Gasteiger partial charge in [-0.25, -0.2) is 0 Å². The lowest BCUT2D eigenvalue weighted by atomic mass is 10.1. The minimum absolute atomic E-state index is 0.147. The highest BCUT2D eigenvalue weighted by Gasteiger charge is 2.16. The van der Waals surface area contributed by atoms with Crippen LogP contribution in [-0.2, 0) is 17.7 Å². The molecule has 0 fully saturated rings. The van der Waals surface area contributed by atoms with Crippen LogP contribution in [0.25, 0.3) is 0 Å². The van der Waals surface area contributed by atoms with Gasteiger partial charge in [-0.1, -0.05) is 11.6 Å². The molecular formula is C11H21ClN4O. The van der Waals surface area contributed by atoms with Crippen LogP contribution in [0.2, 0.25) is 5.02 Å². The van der Waals surface area contributed by atoms with E-state index in [1.807, 2.05) is 18.5 Å². The molecule has 3 N–H and O–H groups in total. The van der Waals surface area contributed by atoms with Crippen molar-refractivity contribution < 1.29 is 4.74 Å². The molecule has 0 saturated heterocycles. The van der Waals surface area contributed by atoms with Crippen LogP contribution in [0.5, 0.6) is 0 Å². The Bertz CT molecular complexity index is 353. The molecule has 0 saturated carbocycles. The number of hydrogen-bond acceptors (Lipinski definition) is 4. The Hall–Kier alpha value is -0.620. The molecule has 1 unspecified atom stereocenters. The number of methoxy groups -OCH3 is 1. The average molecular weight is 261 g/mol. The summed E-state index contributed by atoms with van der Waals surface area (Å²) >= 11 is 6.24. The normalized spacial score (nSPS) is 13.0. The summed E-state index contributed by atoms with van der Waals surface area (Å²) in [7, 11) is 1.68. The first-order chi connectivity index (χ1) is 8.13. The summed E-state index contributed by atoms with van der Waals surface area (Å²) in [6, 6.07) is 0.147. The molecular weight excluding hydrogens is 240 g/mol. The average Bonchev–Trinajstić information content (AvgIpc) is 2.61. The van der Waals surface area contributed by atoms with Crippen LogP contribution in [0.3, 0.4) is 0 Å². The first-order valence-electron chi connectivity index (χ1n) is 5.80. The molecule has 0 radical (unpaired) electrons. The van der Waals surface area contributed by atoms with Gasteiger partial charge in [0.05, 0.1) is 16.4 Å². The molecule has 17 heavy (non-hydrogen) atoms. The van der Waals surface area contributed by atoms with Crippen molar-refractivity contribution in [1.82, 2.24) is 15.2 Å². The summed E-state index contributed by atoms with van der Waals surface area (Å²) in [4.78, 5) is 0. The van der Waals surface area contributed by atoms with Crippen LogP contribution in [0.4, 0.5) is 0 Å². The standard InChI is InChI=1S/C11H21ClN4O/c1-4-16-10(11(12)8(2)15-16)7-9(14-13)5-6-17-3/h9,14H,4-7,13H2,1-3H3. The SMILES string of the molecule is CCn1nc(C)c(Cl)c1CC(CCOC)NN. The number of aromatic nitrogens is 2. The Morgan fingerprint density at radius 2 is 2.29 bits per heavy atom. The maximum Gasteiger partial charge on any atom is 0.0847 e. The van der Waals surface area contributed by atoms with Gasteiger partial charge in [0.15, 0.2) is 0 Å². The van der Waals surface area contributed by atoms with Crippen LogP contribution in [0.15, 0.2) is 0 Å². The summed E-state index contributed by atoms with van der Waals surface area (Å²) in [5.41, 5.74) is 4.69. The monoisotopic (exact) mass is 260 g/mol. The zero-order valence-electron chi connectivity index (χ0n) is 10.7. The zero-order chi connectivity index (χ0) is 12.8. The molecule has 0 bridgehead atoms. The molecule has 0 amide bonds. The lowest BCUT2D eigenvalue weighted by Crippen LogP contribution is -2.38. The van der Waals surface area contributed by atoms with Gasteiger partial charge in [-0.2, -0.15) is 5.10 Å². The second-order valence-electron chi connectivity index (χ2n) is 4.01. The first-order valence-corrected chi connectivity index (χ1v) is 6.18. The van der Waals surface area contributed by atoms with Crippen molar-refractivity contribution >= 4 is 11.6 Å². The number of nitrogens with zero attached hydrogens (tertiary/aromatic N) is 2. The van der Waals surface area contributed by atoms with E-state index in [0.717, 1.165) is 35.8 Å². The molecule has 98 valence electrons. The van der Waals surface area contributed by atoms with Gasteiger partial charge in [0.2, 0.25) is 0 Å². The second kappa shape index (κ2) is 6.96. The summed E-state index contributed by atoms with van der Waals surface area (Å²) in [6.45, 7) is 5.44. The molecule has 6 heteroatoms. The molecule has 1 heterocycles. The fourth-order valence-corrected chi connectivity index (χ4v) is 2.01. The van der Waals surface area contributed by atoms with Gasteiger partial charge in [0.25, 0.3) is 0 Å². The molecule has 0 spiro atoms. The number of hydrazine groups is 1. The predicted octanol–water partition coefficient (Wildman–Crippen LogP) is 1.28. The van der Waals surface area contributed by atoms with Gasteiger partial charge < -0.3 is 4.74 Å². The molecule has 0 aliphatic carbocycles. The largest absolute Gasteiger partial charge is 0.385 e. The highest BCUT2D eigenvalue weighted by molar-refractivity contribution is 6.31. The third-order valence-corrected chi connectivity index (χ3v) is 3.29. The van der Waals surface area contributed by atoms with E-state index in [1.165, 1.54) is 0 Å². The topological polar surface area (TPSA) is 65.1 Å². The molecule has 0 aromatic carbocycles. The van der Waals surface area contributed by atoms with E-state index in [4.69, 9.17) is 22.2 Å². The van der Waals surface area contributed by atoms with Crippen molar-refractivity contribution in [2.45, 2.75) is 39.3 Å². The van der Waals surface area contributed by atoms with Crippen molar-refractivity contribution in [3.05, 3.63) is 16.4 Å². The number of nitrogens with one attached hydrogen (secondary N) is 1. The third kappa shape index (κ3) is 3.67. The highest BCUT2D eigenvalue weighted by atomic mass is 35.5. The van der Waals surface area contributed by atoms with Gasteiger partial charge in [0.1, 0.15) is 0 Å². The number of hydrogen-bond donors (Lipinski definition) is 2. The number of rotatable bonds is 7. The summed E-state index contributed by atoms with van der Waals surface area (Å²) < 4.78 is 6.98. The Labute approximate surface area is 107 Å². The van der Waals surface area contributed by atoms with Gasteiger partial charge in [-0.05, 0) is 20.3 Å². The van der Waals surface area contributed by atoms with Gasteiger partial charge in [-0.15, -0.1) is 0 Å². The van der Waals surface area contributed by atoms with Crippen LogP contribution < -0.4 is 11.3 Å². The summed E-state index contributed by atoms with van der Waals surface area (Å²) in [5.74, 6) is 5.53. The quantitative estimate of drug-likeness (QED) is 0.573. The minimum atomic E-state index is 0.147. The zero-order valence-corrected chi connectivity index (χ0v) is 11.4. The lowest BCUT2D eigenvalue weighted by molar-refractivity contribution is 0.182. The van der Waals surface area contributed by atoms with E-state index in [9.17, 15) is 0 Å². The van der Waals surface area contributed by atoms with E-state index in [2.05, 4.69) is 10.5 Å². The summed E-state index contributed by atoms with van der Waals surface area (Å²) in [6.07, 6.45) is 1.60. The van der Waals surface area contributed by atoms with Crippen LogP contribution >= 0.6 is 11.6 Å². The van der Waals surface area contributed by atoms with Crippen LogP contribution in [0.1, 0.15) is 24.7 Å². The van der Waals surface area contributed by atoms with Crippen LogP contribution in [-0.4, -0.2) is 29.5 Å². The molecule has 1 aromatic rings. The van der Waals surface area contributed by atoms with Crippen molar-refractivity contribution in [2.24, 2.45) is 5.84 Å². The fraction of sp³-hybridized carbons (Fsp3) is 0.727. The highest BCUT2D eigenvalue weighted by Crippen LogP contribution is 2.22. The Morgan fingerprint density at radius 1 is 1.59 bits per heavy atom. The van der Waals surface area contributed by atoms with E-state index < -0.39 is 0 Å². The lowest BCUT2D eigenvalue weighted by Gasteiger charge is -2.16. The van der Waals surface area contributed by atoms with Crippen LogP contribution in [0, 0.1) is 6.92 Å². The van der Waals surface area contributed by atoms with E-state index >= 15 is 0 Å². The second-order valence-corrected chi connectivity index (χ2v) is 4.39. The van der Waals surface area contributed by atoms with Crippen molar-refractivity contribution in [3.63, 3.8) is 0 Å². The smallest absolute Gasteiger partial charge is 0.0847 e. The van der Waals surface area contributed by atoms with Gasteiger partial charge >= 0.3 is 0 Å². The Morgan fingerprint density at radius 3 is 2.82 bits per heavy atom. The van der Waals surface area contributed by atoms with E-state index in [0.29, 0.717) is 6.61 Å². The van der Waals surface area contributed by atoms with E-state index in [-0.39, 0.29) is 6.04 Å². The van der Waals surface area contributed by atoms with Crippen molar-refractivity contribution in [3.8, 4) is 0 Å². The van der Waals surface area contributed by atoms with Crippen molar-refractivity contribution in [1.29, 1.82) is 0 Å². The fourth-order valence-electron chi connectivity index (χ4n) is 1.80. The van der Waals surface area contributed by atoms with Gasteiger partial charge in [-0.3, -0.25) is 16.0 Å².